The van der Waals surface area contributed by atoms with E-state index >= 15 is 0 Å². The lowest BCUT2D eigenvalue weighted by atomic mass is 9.71. The van der Waals surface area contributed by atoms with Crippen LogP contribution in [0.25, 0.3) is 64.8 Å². The Morgan fingerprint density at radius 2 is 0.395 bits per heavy atom. The lowest BCUT2D eigenvalue weighted by molar-refractivity contribution is -0.232. The van der Waals surface area contributed by atoms with Crippen molar-refractivity contribution in [1.82, 2.24) is 0 Å². The Morgan fingerprint density at radius 3 is 0.651 bits per heavy atom. The van der Waals surface area contributed by atoms with Gasteiger partial charge >= 0.3 is 0 Å². The lowest BCUT2D eigenvalue weighted by Crippen LogP contribution is -2.27. The van der Waals surface area contributed by atoms with Crippen molar-refractivity contribution in [2.45, 2.75) is 62.2 Å². The van der Waals surface area contributed by atoms with Crippen molar-refractivity contribution in [1.29, 1.82) is 0 Å². The van der Waals surface area contributed by atoms with E-state index < -0.39 is 0 Å². The van der Waals surface area contributed by atoms with Crippen molar-refractivity contribution in [3.63, 3.8) is 0 Å². The SMILES string of the molecule is C=Cc1ccc(/C=C/c2ccc3c(c2)C(CCCOCCOC)(CCCOCOCOCOCOCOCOCOCOCOCOCCOC)c2cc(/C=C/c4ccc(/C=C/c5ccc6c(c5)C(CCCOCCOC)(CCCOCCOCCOCCOCCOCCOCCOCCOCCOCCOCCOCCOC)c5cc(Br)ccc5-6)cc4)ccc2-3)cc1. The van der Waals surface area contributed by atoms with Gasteiger partial charge in [0.05, 0.1) is 185 Å². The van der Waals surface area contributed by atoms with E-state index in [0.29, 0.717) is 211 Å². The Balaban J connectivity index is 0.781. The number of ether oxygens (including phenoxy) is 28. The van der Waals surface area contributed by atoms with Crippen LogP contribution < -0.4 is 0 Å². The maximum Gasteiger partial charge on any atom is 0.152 e. The molecule has 0 radical (unpaired) electrons. The molecule has 0 bridgehead atoms. The molecular weight excluding hydrogens is 1730 g/mol. The van der Waals surface area contributed by atoms with Gasteiger partial charge in [-0.25, -0.2) is 0 Å². The number of hydrogen-bond donors (Lipinski definition) is 0. The summed E-state index contributed by atoms with van der Waals surface area (Å²) < 4.78 is 155. The minimum atomic E-state index is -0.360. The highest BCUT2D eigenvalue weighted by molar-refractivity contribution is 9.10. The van der Waals surface area contributed by atoms with Crippen molar-refractivity contribution in [2.24, 2.45) is 0 Å². The van der Waals surface area contributed by atoms with Crippen molar-refractivity contribution in [3.8, 4) is 22.3 Å². The molecule has 0 saturated heterocycles. The minimum absolute atomic E-state index is 0.0160. The summed E-state index contributed by atoms with van der Waals surface area (Å²) in [6.07, 6.45) is 21.9. The predicted octanol–water partition coefficient (Wildman–Crippen LogP) is 15.8. The van der Waals surface area contributed by atoms with E-state index in [4.69, 9.17) is 133 Å². The van der Waals surface area contributed by atoms with Crippen LogP contribution in [0, 0.1) is 0 Å². The molecule has 2 atom stereocenters. The van der Waals surface area contributed by atoms with Gasteiger partial charge in [-0.1, -0.05) is 174 Å². The Labute approximate surface area is 772 Å². The van der Waals surface area contributed by atoms with Gasteiger partial charge in [-0.05, 0) is 147 Å². The van der Waals surface area contributed by atoms with Crippen molar-refractivity contribution in [2.75, 3.05) is 308 Å². The smallest absolute Gasteiger partial charge is 0.152 e. The molecular formula is C100H141BrO28. The summed E-state index contributed by atoms with van der Waals surface area (Å²) in [5.74, 6) is 0. The van der Waals surface area contributed by atoms with Gasteiger partial charge in [-0.3, -0.25) is 0 Å². The topological polar surface area (TPSA) is 258 Å². The normalized spacial score (nSPS) is 14.6. The highest BCUT2D eigenvalue weighted by Gasteiger charge is 2.44. The van der Waals surface area contributed by atoms with Gasteiger partial charge in [-0.15, -0.1) is 0 Å². The van der Waals surface area contributed by atoms with Crippen LogP contribution in [-0.2, 0) is 143 Å². The number of methoxy groups -OCH3 is 4. The van der Waals surface area contributed by atoms with Gasteiger partial charge in [0.25, 0.3) is 0 Å². The number of rotatable bonds is 85. The molecule has 0 heterocycles. The van der Waals surface area contributed by atoms with Gasteiger partial charge in [0.15, 0.2) is 54.3 Å². The minimum Gasteiger partial charge on any atom is -0.382 e. The maximum atomic E-state index is 6.25. The van der Waals surface area contributed by atoms with Crippen LogP contribution in [0.1, 0.15) is 113 Å². The summed E-state index contributed by atoms with van der Waals surface area (Å²) in [6, 6.07) is 44.7. The monoisotopic (exact) mass is 1870 g/mol. The first-order chi connectivity index (χ1) is 63.8. The lowest BCUT2D eigenvalue weighted by Gasteiger charge is -2.33. The molecule has 716 valence electrons. The Bertz CT molecular complexity index is 3950. The molecule has 0 N–H and O–H groups in total. The van der Waals surface area contributed by atoms with E-state index in [-0.39, 0.29) is 78.8 Å². The largest absolute Gasteiger partial charge is 0.382 e. The zero-order chi connectivity index (χ0) is 90.5. The van der Waals surface area contributed by atoms with Gasteiger partial charge in [0.2, 0.25) is 0 Å². The highest BCUT2D eigenvalue weighted by atomic mass is 79.9. The number of benzene rings is 6. The van der Waals surface area contributed by atoms with Gasteiger partial charge in [0.1, 0.15) is 13.6 Å². The van der Waals surface area contributed by atoms with Crippen LogP contribution in [0.3, 0.4) is 0 Å². The van der Waals surface area contributed by atoms with E-state index in [2.05, 4.69) is 180 Å². The molecule has 0 fully saturated rings. The fourth-order valence-electron chi connectivity index (χ4n) is 14.7. The summed E-state index contributed by atoms with van der Waals surface area (Å²) in [4.78, 5) is 0. The van der Waals surface area contributed by atoms with E-state index in [9.17, 15) is 0 Å². The molecule has 2 aliphatic rings. The third-order valence-electron chi connectivity index (χ3n) is 21.0. The van der Waals surface area contributed by atoms with Crippen LogP contribution >= 0.6 is 15.9 Å². The zero-order valence-electron chi connectivity index (χ0n) is 76.5. The molecule has 0 aliphatic heterocycles. The second-order valence-corrected chi connectivity index (χ2v) is 30.9. The molecule has 28 nitrogen and oxygen atoms in total. The van der Waals surface area contributed by atoms with Gasteiger partial charge in [0, 0.05) is 70.2 Å². The van der Waals surface area contributed by atoms with Gasteiger partial charge < -0.3 is 133 Å². The quantitative estimate of drug-likeness (QED) is 0.0195. The molecule has 2 unspecified atom stereocenters. The molecule has 8 rings (SSSR count). The number of fused-ring (bicyclic) bond motifs is 6. The summed E-state index contributed by atoms with van der Waals surface area (Å²) >= 11 is 3.86. The average molecular weight is 1870 g/mol. The van der Waals surface area contributed by atoms with Crippen LogP contribution in [0.15, 0.2) is 132 Å². The van der Waals surface area contributed by atoms with Crippen molar-refractivity contribution < 1.29 is 133 Å². The summed E-state index contributed by atoms with van der Waals surface area (Å²) in [5, 5.41) is 0. The van der Waals surface area contributed by atoms with Crippen LogP contribution in [0.2, 0.25) is 0 Å². The first-order valence-electron chi connectivity index (χ1n) is 44.8. The Kier molecular flexibility index (Phi) is 58.9. The first-order valence-corrected chi connectivity index (χ1v) is 45.6. The van der Waals surface area contributed by atoms with Gasteiger partial charge in [-0.2, -0.15) is 0 Å². The number of hydrogen-bond acceptors (Lipinski definition) is 28. The Hall–Kier alpha value is -6.36. The van der Waals surface area contributed by atoms with Crippen LogP contribution in [-0.4, -0.2) is 308 Å². The molecule has 0 spiro atoms. The molecule has 6 aromatic carbocycles. The summed E-state index contributed by atoms with van der Waals surface area (Å²) in [6.45, 7) is 20.2. The molecule has 0 aromatic heterocycles. The maximum absolute atomic E-state index is 6.25. The molecule has 2 aliphatic carbocycles. The van der Waals surface area contributed by atoms with Crippen molar-refractivity contribution in [3.05, 3.63) is 194 Å². The summed E-state index contributed by atoms with van der Waals surface area (Å²) in [5.41, 5.74) is 17.4. The standard InChI is InChI=1S/C100H141BrO28/c1-6-83-11-13-84(14-12-83)19-22-87-25-29-91-92-30-26-88(70-96(92)99(95(91)69-87,33-7-37-106-45-41-102-2)36-10-40-119-73-121-75-123-77-125-79-127-81-129-82-128-80-126-78-124-76-122-74-120-48-44-105-5)23-20-85-15-17-86(18-16-85)21-24-89-27-31-93-94-32-28-90(101)72-98(94)100(97(93)71-89,34-8-38-107-46-42-103-3)35-9-39-108-49-50-110-53-54-112-57-58-114-61-62-116-65-66-118-68-67-117-64-63-115-60-59-113-56-55-111-52-51-109-47-43-104-4/h6,11-32,69-72H,1,7-10,33-68,73-82H2,2-5H3/b22-19+,23-20+,24-21+. The van der Waals surface area contributed by atoms with E-state index in [1.54, 1.807) is 28.4 Å². The van der Waals surface area contributed by atoms with Crippen molar-refractivity contribution >= 4 is 58.5 Å². The first kappa shape index (κ1) is 108. The molecule has 0 saturated carbocycles. The zero-order valence-corrected chi connectivity index (χ0v) is 78.0. The van der Waals surface area contributed by atoms with Crippen LogP contribution in [0.4, 0.5) is 0 Å². The van der Waals surface area contributed by atoms with Crippen LogP contribution in [0.5, 0.6) is 0 Å². The third kappa shape index (κ3) is 43.3. The fourth-order valence-corrected chi connectivity index (χ4v) is 15.0. The third-order valence-corrected chi connectivity index (χ3v) is 21.4. The fraction of sp³-hybridized carbons (Fsp3) is 0.560. The number of halogens is 1. The molecule has 29 heteroatoms. The van der Waals surface area contributed by atoms with E-state index in [1.165, 1.54) is 44.5 Å². The highest BCUT2D eigenvalue weighted by Crippen LogP contribution is 2.56. The average Bonchev–Trinajstić information content (AvgIpc) is 1.57. The Morgan fingerprint density at radius 1 is 0.209 bits per heavy atom. The van der Waals surface area contributed by atoms with E-state index in [0.717, 1.165) is 94.8 Å². The second-order valence-electron chi connectivity index (χ2n) is 30.0. The predicted molar refractivity (Wildman–Crippen MR) is 498 cm³/mol. The molecule has 0 amide bonds. The van der Waals surface area contributed by atoms with E-state index in [1.807, 2.05) is 6.08 Å². The molecule has 6 aromatic rings. The summed E-state index contributed by atoms with van der Waals surface area (Å²) in [7, 11) is 6.65. The molecule has 129 heavy (non-hydrogen) atoms. The second kappa shape index (κ2) is 70.3.